The highest BCUT2D eigenvalue weighted by molar-refractivity contribution is 5.82. The summed E-state index contributed by atoms with van der Waals surface area (Å²) in [6.45, 7) is 5.96. The van der Waals surface area contributed by atoms with Crippen LogP contribution in [0.1, 0.15) is 38.4 Å². The van der Waals surface area contributed by atoms with Gasteiger partial charge in [-0.15, -0.1) is 0 Å². The molecule has 0 bridgehead atoms. The molecular formula is C22H24N4O3. The van der Waals surface area contributed by atoms with Crippen molar-refractivity contribution in [2.24, 2.45) is 5.10 Å². The number of ether oxygens (including phenoxy) is 1. The van der Waals surface area contributed by atoms with Gasteiger partial charge in [0.2, 0.25) is 5.91 Å². The standard InChI is InChI=1S/C22H24N4O3/c1-22(2,3)29-16-10-8-15(9-11-16)14-23-26-20(27)13-12-19-21(28)25-18-7-5-4-6-17(18)24-19/h4-11,14H,12-13H2,1-3H3,(H,25,28)(H,26,27)/b23-14-. The Bertz CT molecular complexity index is 1080. The molecule has 0 aliphatic heterocycles. The van der Waals surface area contributed by atoms with Gasteiger partial charge in [0.1, 0.15) is 17.0 Å². The van der Waals surface area contributed by atoms with Gasteiger partial charge >= 0.3 is 0 Å². The zero-order valence-electron chi connectivity index (χ0n) is 16.7. The Labute approximate surface area is 168 Å². The SMILES string of the molecule is CC(C)(C)Oc1ccc(/C=N\NC(=O)CCc2nc3ccccc3[nH]c2=O)cc1. The summed E-state index contributed by atoms with van der Waals surface area (Å²) in [5, 5.41) is 3.96. The minimum Gasteiger partial charge on any atom is -0.488 e. The van der Waals surface area contributed by atoms with Crippen molar-refractivity contribution < 1.29 is 9.53 Å². The van der Waals surface area contributed by atoms with Crippen molar-refractivity contribution in [1.29, 1.82) is 0 Å². The smallest absolute Gasteiger partial charge is 0.270 e. The monoisotopic (exact) mass is 392 g/mol. The summed E-state index contributed by atoms with van der Waals surface area (Å²) in [5.74, 6) is 0.482. The predicted octanol–water partition coefficient (Wildman–Crippen LogP) is 3.18. The summed E-state index contributed by atoms with van der Waals surface area (Å²) in [6, 6.07) is 14.7. The molecule has 0 atom stereocenters. The maximum absolute atomic E-state index is 12.1. The number of rotatable bonds is 6. The Balaban J connectivity index is 1.52. The second-order valence-corrected chi connectivity index (χ2v) is 7.61. The fraction of sp³-hybridized carbons (Fsp3) is 0.273. The van der Waals surface area contributed by atoms with Crippen LogP contribution in [0.3, 0.4) is 0 Å². The first-order chi connectivity index (χ1) is 13.8. The highest BCUT2D eigenvalue weighted by Crippen LogP contribution is 2.17. The van der Waals surface area contributed by atoms with Gasteiger partial charge in [0.25, 0.3) is 5.56 Å². The molecule has 7 heteroatoms. The van der Waals surface area contributed by atoms with Crippen LogP contribution in [0.15, 0.2) is 58.4 Å². The highest BCUT2D eigenvalue weighted by Gasteiger charge is 2.11. The van der Waals surface area contributed by atoms with Crippen molar-refractivity contribution in [1.82, 2.24) is 15.4 Å². The molecule has 0 fully saturated rings. The number of nitrogens with one attached hydrogen (secondary N) is 2. The topological polar surface area (TPSA) is 96.4 Å². The number of aromatic amines is 1. The maximum atomic E-state index is 12.1. The predicted molar refractivity (Wildman–Crippen MR) is 113 cm³/mol. The summed E-state index contributed by atoms with van der Waals surface area (Å²) in [7, 11) is 0. The Morgan fingerprint density at radius 1 is 1.17 bits per heavy atom. The van der Waals surface area contributed by atoms with E-state index in [9.17, 15) is 9.59 Å². The van der Waals surface area contributed by atoms with Crippen molar-refractivity contribution in [3.8, 4) is 5.75 Å². The third-order valence-corrected chi connectivity index (χ3v) is 3.97. The molecule has 2 N–H and O–H groups in total. The molecule has 1 aromatic heterocycles. The van der Waals surface area contributed by atoms with Gasteiger partial charge in [-0.1, -0.05) is 12.1 Å². The summed E-state index contributed by atoms with van der Waals surface area (Å²) in [6.07, 6.45) is 1.91. The van der Waals surface area contributed by atoms with Crippen molar-refractivity contribution in [3.63, 3.8) is 0 Å². The summed E-state index contributed by atoms with van der Waals surface area (Å²) in [4.78, 5) is 31.2. The second kappa shape index (κ2) is 8.68. The quantitative estimate of drug-likeness (QED) is 0.497. The number of hydrogen-bond acceptors (Lipinski definition) is 5. The van der Waals surface area contributed by atoms with E-state index in [0.29, 0.717) is 16.7 Å². The van der Waals surface area contributed by atoms with E-state index in [-0.39, 0.29) is 29.9 Å². The van der Waals surface area contributed by atoms with Gasteiger partial charge in [-0.25, -0.2) is 10.4 Å². The van der Waals surface area contributed by atoms with Crippen LogP contribution in [0.4, 0.5) is 0 Å². The van der Waals surface area contributed by atoms with Gasteiger partial charge < -0.3 is 9.72 Å². The van der Waals surface area contributed by atoms with Crippen LogP contribution in [0, 0.1) is 0 Å². The van der Waals surface area contributed by atoms with Crippen LogP contribution in [-0.2, 0) is 11.2 Å². The number of hydrogen-bond donors (Lipinski definition) is 2. The summed E-state index contributed by atoms with van der Waals surface area (Å²) < 4.78 is 5.76. The fourth-order valence-corrected chi connectivity index (χ4v) is 2.68. The van der Waals surface area contributed by atoms with E-state index in [2.05, 4.69) is 20.5 Å². The lowest BCUT2D eigenvalue weighted by Gasteiger charge is -2.21. The third-order valence-electron chi connectivity index (χ3n) is 3.97. The van der Waals surface area contributed by atoms with Crippen LogP contribution >= 0.6 is 0 Å². The van der Waals surface area contributed by atoms with Gasteiger partial charge in [0.15, 0.2) is 0 Å². The molecule has 7 nitrogen and oxygen atoms in total. The number of benzene rings is 2. The van der Waals surface area contributed by atoms with E-state index >= 15 is 0 Å². The number of para-hydroxylation sites is 2. The van der Waals surface area contributed by atoms with Crippen molar-refractivity contribution in [3.05, 3.63) is 70.1 Å². The summed E-state index contributed by atoms with van der Waals surface area (Å²) >= 11 is 0. The van der Waals surface area contributed by atoms with Crippen LogP contribution in [0.5, 0.6) is 5.75 Å². The molecule has 1 amide bonds. The number of fused-ring (bicyclic) bond motifs is 1. The molecule has 0 aliphatic carbocycles. The molecule has 150 valence electrons. The molecule has 29 heavy (non-hydrogen) atoms. The molecule has 0 radical (unpaired) electrons. The average molecular weight is 392 g/mol. The zero-order valence-corrected chi connectivity index (χ0v) is 16.7. The van der Waals surface area contributed by atoms with Crippen LogP contribution in [-0.4, -0.2) is 27.7 Å². The van der Waals surface area contributed by atoms with Crippen LogP contribution < -0.4 is 15.7 Å². The largest absolute Gasteiger partial charge is 0.488 e. The number of amides is 1. The molecule has 0 saturated heterocycles. The van der Waals surface area contributed by atoms with Crippen LogP contribution in [0.25, 0.3) is 11.0 Å². The Morgan fingerprint density at radius 2 is 1.90 bits per heavy atom. The first kappa shape index (κ1) is 20.3. The van der Waals surface area contributed by atoms with Gasteiger partial charge in [-0.3, -0.25) is 9.59 Å². The van der Waals surface area contributed by atoms with Gasteiger partial charge in [0.05, 0.1) is 17.2 Å². The Kier molecular flexibility index (Phi) is 6.07. The molecular weight excluding hydrogens is 368 g/mol. The van der Waals surface area contributed by atoms with E-state index in [0.717, 1.165) is 11.3 Å². The lowest BCUT2D eigenvalue weighted by Crippen LogP contribution is -2.22. The number of H-pyrrole nitrogens is 1. The molecule has 2 aromatic carbocycles. The minimum absolute atomic E-state index is 0.115. The molecule has 3 aromatic rings. The second-order valence-electron chi connectivity index (χ2n) is 7.61. The number of carbonyl (C=O) groups is 1. The van der Waals surface area contributed by atoms with Gasteiger partial charge in [-0.2, -0.15) is 5.10 Å². The van der Waals surface area contributed by atoms with Gasteiger partial charge in [-0.05, 0) is 62.7 Å². The average Bonchev–Trinajstić information content (AvgIpc) is 2.66. The molecule has 1 heterocycles. The summed E-state index contributed by atoms with van der Waals surface area (Å²) in [5.41, 5.74) is 4.46. The lowest BCUT2D eigenvalue weighted by atomic mass is 10.2. The third kappa shape index (κ3) is 6.00. The van der Waals surface area contributed by atoms with Gasteiger partial charge in [0, 0.05) is 12.8 Å². The minimum atomic E-state index is -0.289. The molecule has 0 unspecified atom stereocenters. The fourth-order valence-electron chi connectivity index (χ4n) is 2.68. The Hall–Kier alpha value is -3.48. The highest BCUT2D eigenvalue weighted by atomic mass is 16.5. The molecule has 0 aliphatic rings. The normalized spacial score (nSPS) is 11.7. The molecule has 0 spiro atoms. The van der Waals surface area contributed by atoms with E-state index in [1.807, 2.05) is 63.2 Å². The van der Waals surface area contributed by atoms with E-state index in [1.54, 1.807) is 12.3 Å². The number of aryl methyl sites for hydroxylation is 1. The zero-order chi connectivity index (χ0) is 20.9. The van der Waals surface area contributed by atoms with E-state index in [1.165, 1.54) is 0 Å². The number of hydrazone groups is 1. The van der Waals surface area contributed by atoms with Crippen molar-refractivity contribution in [2.45, 2.75) is 39.2 Å². The maximum Gasteiger partial charge on any atom is 0.270 e. The van der Waals surface area contributed by atoms with Crippen LogP contribution in [0.2, 0.25) is 0 Å². The van der Waals surface area contributed by atoms with E-state index < -0.39 is 0 Å². The molecule has 0 saturated carbocycles. The lowest BCUT2D eigenvalue weighted by molar-refractivity contribution is -0.121. The molecule has 3 rings (SSSR count). The van der Waals surface area contributed by atoms with E-state index in [4.69, 9.17) is 4.74 Å². The van der Waals surface area contributed by atoms with Crippen molar-refractivity contribution >= 4 is 23.2 Å². The number of nitrogens with zero attached hydrogens (tertiary/aromatic N) is 2. The Morgan fingerprint density at radius 3 is 2.62 bits per heavy atom. The number of aromatic nitrogens is 2. The first-order valence-electron chi connectivity index (χ1n) is 9.39. The van der Waals surface area contributed by atoms with Crippen molar-refractivity contribution in [2.75, 3.05) is 0 Å². The number of carbonyl (C=O) groups excluding carboxylic acids is 1. The first-order valence-corrected chi connectivity index (χ1v) is 9.39.